The normalized spacial score (nSPS) is 25.8. The number of nitrogens with zero attached hydrogens (tertiary/aromatic N) is 2. The maximum atomic E-state index is 13.8. The molecule has 2 N–H and O–H groups in total. The molecule has 31 heavy (non-hydrogen) atoms. The van der Waals surface area contributed by atoms with Crippen molar-refractivity contribution in [2.75, 3.05) is 13.7 Å². The van der Waals surface area contributed by atoms with Crippen LogP contribution in [0.15, 0.2) is 47.5 Å². The highest BCUT2D eigenvalue weighted by Crippen LogP contribution is 2.58. The van der Waals surface area contributed by atoms with Gasteiger partial charge in [0.1, 0.15) is 17.1 Å². The molecule has 2 aliphatic carbocycles. The second kappa shape index (κ2) is 6.49. The highest BCUT2D eigenvalue weighted by molar-refractivity contribution is 6.08. The number of carbonyl (C=O) groups is 1. The molecule has 2 spiro atoms. The number of benzene rings is 2. The minimum Gasteiger partial charge on any atom is -0.493 e. The monoisotopic (exact) mass is 417 g/mol. The second-order valence-electron chi connectivity index (χ2n) is 9.32. The minimum absolute atomic E-state index is 0.117. The molecule has 2 aromatic carbocycles. The molecule has 0 aromatic heterocycles. The first-order chi connectivity index (χ1) is 15.0. The van der Waals surface area contributed by atoms with Crippen LogP contribution in [-0.2, 0) is 23.2 Å². The predicted octanol–water partition coefficient (Wildman–Crippen LogP) is 3.17. The zero-order valence-electron chi connectivity index (χ0n) is 17.8. The Morgan fingerprint density at radius 2 is 1.87 bits per heavy atom. The van der Waals surface area contributed by atoms with Gasteiger partial charge >= 0.3 is 0 Å². The zero-order valence-corrected chi connectivity index (χ0v) is 17.8. The Kier molecular flexibility index (Phi) is 3.92. The summed E-state index contributed by atoms with van der Waals surface area (Å²) in [6, 6.07) is 14.3. The summed E-state index contributed by atoms with van der Waals surface area (Å²) in [4.78, 5) is 20.1. The molecular formula is C25H27N3O3. The molecule has 6 nitrogen and oxygen atoms in total. The number of aliphatic imine (C=N–C) groups is 1. The summed E-state index contributed by atoms with van der Waals surface area (Å²) in [5.74, 6) is 2.25. The number of likely N-dealkylation sites (N-methyl/N-ethyl adjacent to an activating group) is 1. The number of hydrogen-bond acceptors (Lipinski definition) is 5. The fourth-order valence-electron chi connectivity index (χ4n) is 5.42. The second-order valence-corrected chi connectivity index (χ2v) is 9.32. The van der Waals surface area contributed by atoms with Crippen molar-refractivity contribution in [2.45, 2.75) is 49.7 Å². The topological polar surface area (TPSA) is 77.2 Å². The van der Waals surface area contributed by atoms with Crippen LogP contribution in [-0.4, -0.2) is 36.0 Å². The van der Waals surface area contributed by atoms with E-state index in [1.165, 1.54) is 28.9 Å². The summed E-state index contributed by atoms with van der Waals surface area (Å²) in [6.45, 7) is 0.715. The van der Waals surface area contributed by atoms with Crippen LogP contribution in [0.3, 0.4) is 0 Å². The van der Waals surface area contributed by atoms with Crippen LogP contribution in [0.5, 0.6) is 11.5 Å². The number of ether oxygens (including phenoxy) is 2. The van der Waals surface area contributed by atoms with E-state index in [1.807, 2.05) is 18.2 Å². The van der Waals surface area contributed by atoms with Crippen LogP contribution in [0.4, 0.5) is 0 Å². The number of nitrogens with two attached hydrogens (primary N) is 1. The summed E-state index contributed by atoms with van der Waals surface area (Å²) >= 11 is 0. The summed E-state index contributed by atoms with van der Waals surface area (Å²) in [5, 5.41) is 0. The highest BCUT2D eigenvalue weighted by Gasteiger charge is 2.68. The van der Waals surface area contributed by atoms with Crippen molar-refractivity contribution < 1.29 is 14.3 Å². The zero-order chi connectivity index (χ0) is 21.2. The fraction of sp³-hybridized carbons (Fsp3) is 0.440. The van der Waals surface area contributed by atoms with Crippen LogP contribution in [0.25, 0.3) is 0 Å². The van der Waals surface area contributed by atoms with Crippen LogP contribution in [0.1, 0.15) is 42.4 Å². The molecule has 0 saturated heterocycles. The number of rotatable bonds is 3. The lowest BCUT2D eigenvalue weighted by Crippen LogP contribution is -2.56. The Bertz CT molecular complexity index is 1080. The molecule has 1 atom stereocenters. The molecule has 2 heterocycles. The lowest BCUT2D eigenvalue weighted by Gasteiger charge is -2.38. The molecule has 0 bridgehead atoms. The van der Waals surface area contributed by atoms with E-state index in [1.54, 1.807) is 7.05 Å². The Morgan fingerprint density at radius 1 is 1.16 bits per heavy atom. The maximum Gasteiger partial charge on any atom is 0.266 e. The van der Waals surface area contributed by atoms with E-state index in [0.717, 1.165) is 24.2 Å². The number of hydrogen-bond donors (Lipinski definition) is 1. The van der Waals surface area contributed by atoms with E-state index in [9.17, 15) is 4.79 Å². The van der Waals surface area contributed by atoms with Gasteiger partial charge in [0.15, 0.2) is 5.96 Å². The highest BCUT2D eigenvalue weighted by atomic mass is 16.5. The van der Waals surface area contributed by atoms with Crippen molar-refractivity contribution in [1.29, 1.82) is 0 Å². The van der Waals surface area contributed by atoms with E-state index < -0.39 is 11.1 Å². The Morgan fingerprint density at radius 3 is 2.48 bits per heavy atom. The molecule has 1 fully saturated rings. The third-order valence-corrected chi connectivity index (χ3v) is 7.44. The summed E-state index contributed by atoms with van der Waals surface area (Å²) in [7, 11) is 1.69. The van der Waals surface area contributed by atoms with E-state index in [-0.39, 0.29) is 11.9 Å². The fourth-order valence-corrected chi connectivity index (χ4v) is 5.42. The van der Waals surface area contributed by atoms with E-state index in [2.05, 4.69) is 24.3 Å². The number of guanidine groups is 1. The Balaban J connectivity index is 1.45. The summed E-state index contributed by atoms with van der Waals surface area (Å²) in [6.07, 6.45) is 5.53. The number of fused-ring (bicyclic) bond motifs is 4. The summed E-state index contributed by atoms with van der Waals surface area (Å²) < 4.78 is 12.7. The molecule has 1 unspecified atom stereocenters. The molecule has 1 saturated carbocycles. The van der Waals surface area contributed by atoms with Crippen LogP contribution < -0.4 is 15.2 Å². The lowest BCUT2D eigenvalue weighted by molar-refractivity contribution is -0.138. The quantitative estimate of drug-likeness (QED) is 0.832. The first kappa shape index (κ1) is 18.7. The van der Waals surface area contributed by atoms with Gasteiger partial charge in [0.05, 0.1) is 6.61 Å². The maximum absolute atomic E-state index is 13.8. The summed E-state index contributed by atoms with van der Waals surface area (Å²) in [5.41, 5.74) is 7.69. The van der Waals surface area contributed by atoms with E-state index in [0.29, 0.717) is 31.1 Å². The van der Waals surface area contributed by atoms with Gasteiger partial charge < -0.3 is 15.2 Å². The number of carbonyl (C=O) groups excluding carboxylic acids is 1. The smallest absolute Gasteiger partial charge is 0.266 e. The molecule has 2 aliphatic heterocycles. The van der Waals surface area contributed by atoms with Gasteiger partial charge in [-0.25, -0.2) is 4.99 Å². The molecule has 160 valence electrons. The molecule has 6 rings (SSSR count). The number of amides is 1. The van der Waals surface area contributed by atoms with Gasteiger partial charge in [-0.05, 0) is 73.8 Å². The minimum atomic E-state index is -1.16. The van der Waals surface area contributed by atoms with E-state index >= 15 is 0 Å². The average Bonchev–Trinajstić information content (AvgIpc) is 3.56. The van der Waals surface area contributed by atoms with Crippen LogP contribution >= 0.6 is 0 Å². The van der Waals surface area contributed by atoms with Gasteiger partial charge in [-0.1, -0.05) is 24.3 Å². The van der Waals surface area contributed by atoms with Crippen molar-refractivity contribution >= 4 is 11.9 Å². The van der Waals surface area contributed by atoms with Gasteiger partial charge in [0.25, 0.3) is 5.91 Å². The van der Waals surface area contributed by atoms with Gasteiger partial charge in [0, 0.05) is 12.6 Å². The largest absolute Gasteiger partial charge is 0.493 e. The van der Waals surface area contributed by atoms with Gasteiger partial charge in [-0.3, -0.25) is 9.69 Å². The third kappa shape index (κ3) is 2.63. The van der Waals surface area contributed by atoms with Crippen molar-refractivity contribution in [3.8, 4) is 11.5 Å². The van der Waals surface area contributed by atoms with Crippen molar-refractivity contribution in [2.24, 2.45) is 16.6 Å². The standard InChI is InChI=1S/C25H27N3O3/c1-28-22(29)25(27-23(28)26)20-14-19(30-15-16-6-7-16)8-9-21(20)31-24(25)12-10-17-4-2-3-5-18(17)11-13-24/h2-5,8-9,14,16H,6-7,10-13,15H2,1H3,(H2,26,27). The average molecular weight is 418 g/mol. The van der Waals surface area contributed by atoms with Gasteiger partial charge in [-0.2, -0.15) is 0 Å². The molecule has 6 heteroatoms. The van der Waals surface area contributed by atoms with Crippen molar-refractivity contribution in [3.63, 3.8) is 0 Å². The molecule has 2 aromatic rings. The third-order valence-electron chi connectivity index (χ3n) is 7.44. The van der Waals surface area contributed by atoms with Gasteiger partial charge in [0.2, 0.25) is 5.54 Å². The predicted molar refractivity (Wildman–Crippen MR) is 117 cm³/mol. The lowest BCUT2D eigenvalue weighted by atomic mass is 9.72. The Labute approximate surface area is 182 Å². The molecule has 4 aliphatic rings. The molecular weight excluding hydrogens is 390 g/mol. The van der Waals surface area contributed by atoms with Crippen molar-refractivity contribution in [3.05, 3.63) is 59.2 Å². The SMILES string of the molecule is CN1C(=O)C2(N=C1N)c1cc(OCC3CC3)ccc1OC21CCc2ccccc2CC1. The molecule has 1 amide bonds. The van der Waals surface area contributed by atoms with Crippen LogP contribution in [0, 0.1) is 5.92 Å². The Hall–Kier alpha value is -3.02. The van der Waals surface area contributed by atoms with E-state index in [4.69, 9.17) is 20.2 Å². The van der Waals surface area contributed by atoms with Gasteiger partial charge in [-0.15, -0.1) is 0 Å². The van der Waals surface area contributed by atoms with Crippen LogP contribution in [0.2, 0.25) is 0 Å². The number of aryl methyl sites for hydroxylation is 2. The first-order valence-corrected chi connectivity index (χ1v) is 11.2. The molecule has 0 radical (unpaired) electrons. The van der Waals surface area contributed by atoms with Crippen molar-refractivity contribution in [1.82, 2.24) is 4.90 Å². The first-order valence-electron chi connectivity index (χ1n) is 11.2.